The molecule has 1 aliphatic rings. The van der Waals surface area contributed by atoms with Crippen LogP contribution < -0.4 is 10.1 Å². The molecule has 0 spiro atoms. The Morgan fingerprint density at radius 3 is 2.64 bits per heavy atom. The number of para-hydroxylation sites is 1. The summed E-state index contributed by atoms with van der Waals surface area (Å²) >= 11 is 0. The first-order chi connectivity index (χ1) is 12.1. The highest BCUT2D eigenvalue weighted by molar-refractivity contribution is 5.80. The Bertz CT molecular complexity index is 746. The molecule has 0 saturated carbocycles. The van der Waals surface area contributed by atoms with E-state index < -0.39 is 18.1 Å². The summed E-state index contributed by atoms with van der Waals surface area (Å²) in [7, 11) is 0. The van der Waals surface area contributed by atoms with Crippen molar-refractivity contribution in [3.63, 3.8) is 0 Å². The number of hydrogen-bond donors (Lipinski definition) is 2. The van der Waals surface area contributed by atoms with Crippen molar-refractivity contribution in [2.75, 3.05) is 6.61 Å². The van der Waals surface area contributed by atoms with E-state index in [2.05, 4.69) is 5.32 Å². The summed E-state index contributed by atoms with van der Waals surface area (Å²) in [6.45, 7) is 0.498. The van der Waals surface area contributed by atoms with Crippen molar-refractivity contribution >= 4 is 12.1 Å². The number of amides is 1. The van der Waals surface area contributed by atoms with Gasteiger partial charge in [-0.3, -0.25) is 0 Å². The number of ether oxygens (including phenoxy) is 2. The molecule has 1 heterocycles. The average Bonchev–Trinajstić information content (AvgIpc) is 3.03. The van der Waals surface area contributed by atoms with Gasteiger partial charge in [0.15, 0.2) is 0 Å². The summed E-state index contributed by atoms with van der Waals surface area (Å²) in [6.07, 6.45) is -0.504. The number of alkyl carbamates (subject to hydrolysis) is 1. The molecule has 0 radical (unpaired) electrons. The van der Waals surface area contributed by atoms with E-state index in [-0.39, 0.29) is 18.9 Å². The number of carbonyl (C=O) groups excluding carboxylic acids is 1. The molecule has 0 bridgehead atoms. The van der Waals surface area contributed by atoms with Gasteiger partial charge in [-0.25, -0.2) is 9.59 Å². The third-order valence-electron chi connectivity index (χ3n) is 4.12. The van der Waals surface area contributed by atoms with Gasteiger partial charge in [0.05, 0.1) is 6.61 Å². The number of aliphatic carboxylic acids is 1. The Morgan fingerprint density at radius 1 is 1.16 bits per heavy atom. The first-order valence-corrected chi connectivity index (χ1v) is 8.05. The third kappa shape index (κ3) is 4.29. The topological polar surface area (TPSA) is 84.9 Å². The second-order valence-corrected chi connectivity index (χ2v) is 5.88. The van der Waals surface area contributed by atoms with Crippen LogP contribution in [0.25, 0.3) is 0 Å². The molecule has 0 fully saturated rings. The molecule has 130 valence electrons. The van der Waals surface area contributed by atoms with Crippen LogP contribution in [0.4, 0.5) is 4.79 Å². The van der Waals surface area contributed by atoms with E-state index in [1.807, 2.05) is 54.6 Å². The Morgan fingerprint density at radius 2 is 1.88 bits per heavy atom. The van der Waals surface area contributed by atoms with Gasteiger partial charge in [-0.05, 0) is 18.1 Å². The number of carboxylic acid groups (broad SMARTS) is 1. The Labute approximate surface area is 145 Å². The molecule has 0 aromatic heterocycles. The molecule has 2 unspecified atom stereocenters. The summed E-state index contributed by atoms with van der Waals surface area (Å²) in [5, 5.41) is 11.8. The van der Waals surface area contributed by atoms with Crippen LogP contribution >= 0.6 is 0 Å². The van der Waals surface area contributed by atoms with Gasteiger partial charge in [-0.1, -0.05) is 48.5 Å². The molecule has 0 saturated heterocycles. The van der Waals surface area contributed by atoms with Gasteiger partial charge in [0.1, 0.15) is 18.4 Å². The lowest BCUT2D eigenvalue weighted by molar-refractivity contribution is -0.139. The zero-order valence-corrected chi connectivity index (χ0v) is 13.6. The van der Waals surface area contributed by atoms with Crippen LogP contribution in [0.1, 0.15) is 23.5 Å². The summed E-state index contributed by atoms with van der Waals surface area (Å²) in [4.78, 5) is 23.4. The van der Waals surface area contributed by atoms with Crippen molar-refractivity contribution in [2.24, 2.45) is 0 Å². The molecule has 3 rings (SSSR count). The number of carbonyl (C=O) groups is 2. The van der Waals surface area contributed by atoms with Crippen molar-refractivity contribution in [1.82, 2.24) is 5.32 Å². The zero-order chi connectivity index (χ0) is 17.6. The van der Waals surface area contributed by atoms with Crippen molar-refractivity contribution in [1.29, 1.82) is 0 Å². The van der Waals surface area contributed by atoms with Gasteiger partial charge in [0, 0.05) is 11.5 Å². The first-order valence-electron chi connectivity index (χ1n) is 8.05. The largest absolute Gasteiger partial charge is 0.493 e. The highest BCUT2D eigenvalue weighted by Gasteiger charge is 2.30. The number of hydrogen-bond acceptors (Lipinski definition) is 4. The predicted molar refractivity (Wildman–Crippen MR) is 90.5 cm³/mol. The van der Waals surface area contributed by atoms with Crippen LogP contribution in [0.3, 0.4) is 0 Å². The lowest BCUT2D eigenvalue weighted by Gasteiger charge is -2.17. The van der Waals surface area contributed by atoms with Crippen LogP contribution in [0.15, 0.2) is 54.6 Å². The molecule has 2 aromatic rings. The fourth-order valence-electron chi connectivity index (χ4n) is 2.84. The normalized spacial score (nSPS) is 16.4. The van der Waals surface area contributed by atoms with Crippen LogP contribution in [0, 0.1) is 0 Å². The molecule has 2 N–H and O–H groups in total. The van der Waals surface area contributed by atoms with Gasteiger partial charge in [-0.15, -0.1) is 0 Å². The van der Waals surface area contributed by atoms with Gasteiger partial charge < -0.3 is 19.9 Å². The Balaban J connectivity index is 1.57. The van der Waals surface area contributed by atoms with Gasteiger partial charge in [0.25, 0.3) is 0 Å². The summed E-state index contributed by atoms with van der Waals surface area (Å²) in [5.41, 5.74) is 1.80. The van der Waals surface area contributed by atoms with Gasteiger partial charge in [-0.2, -0.15) is 0 Å². The lowest BCUT2D eigenvalue weighted by atomic mass is 9.94. The number of benzene rings is 2. The quantitative estimate of drug-likeness (QED) is 0.844. The molecule has 25 heavy (non-hydrogen) atoms. The third-order valence-corrected chi connectivity index (χ3v) is 4.12. The van der Waals surface area contributed by atoms with E-state index in [0.717, 1.165) is 16.9 Å². The predicted octanol–water partition coefficient (Wildman–Crippen LogP) is 2.93. The fraction of sp³-hybridized carbons (Fsp3) is 0.263. The minimum absolute atomic E-state index is 0.0771. The Kier molecular flexibility index (Phi) is 5.18. The second kappa shape index (κ2) is 7.70. The van der Waals surface area contributed by atoms with E-state index in [1.54, 1.807) is 0 Å². The highest BCUT2D eigenvalue weighted by Crippen LogP contribution is 2.36. The zero-order valence-electron chi connectivity index (χ0n) is 13.6. The van der Waals surface area contributed by atoms with Gasteiger partial charge in [0.2, 0.25) is 0 Å². The van der Waals surface area contributed by atoms with E-state index in [0.29, 0.717) is 6.61 Å². The monoisotopic (exact) mass is 341 g/mol. The first kappa shape index (κ1) is 16.8. The standard InChI is InChI=1S/C19H19NO5/c21-18(22)16(10-14-12-24-17-9-5-4-8-15(14)17)20-19(23)25-11-13-6-2-1-3-7-13/h1-9,14,16H,10-12H2,(H,20,23)(H,21,22). The number of rotatable bonds is 6. The van der Waals surface area contributed by atoms with Crippen molar-refractivity contribution in [2.45, 2.75) is 25.0 Å². The molecule has 1 aliphatic heterocycles. The maximum absolute atomic E-state index is 11.9. The maximum atomic E-state index is 11.9. The minimum atomic E-state index is -1.10. The molecule has 6 heteroatoms. The van der Waals surface area contributed by atoms with Crippen LogP contribution in [-0.2, 0) is 16.1 Å². The van der Waals surface area contributed by atoms with Crippen molar-refractivity contribution in [3.05, 3.63) is 65.7 Å². The average molecular weight is 341 g/mol. The molecule has 0 aliphatic carbocycles. The summed E-state index contributed by atoms with van der Waals surface area (Å²) < 4.78 is 10.7. The highest BCUT2D eigenvalue weighted by atomic mass is 16.5. The summed E-state index contributed by atoms with van der Waals surface area (Å²) in [5.74, 6) is -0.406. The van der Waals surface area contributed by atoms with Crippen LogP contribution in [0.5, 0.6) is 5.75 Å². The molecular formula is C19H19NO5. The fourth-order valence-corrected chi connectivity index (χ4v) is 2.84. The molecule has 2 atom stereocenters. The summed E-state index contributed by atoms with van der Waals surface area (Å²) in [6, 6.07) is 15.7. The molecule has 6 nitrogen and oxygen atoms in total. The van der Waals surface area contributed by atoms with Crippen LogP contribution in [0.2, 0.25) is 0 Å². The lowest BCUT2D eigenvalue weighted by Crippen LogP contribution is -2.42. The SMILES string of the molecule is O=C(NC(CC1COc2ccccc21)C(=O)O)OCc1ccccc1. The van der Waals surface area contributed by atoms with E-state index in [9.17, 15) is 14.7 Å². The molecule has 1 amide bonds. The van der Waals surface area contributed by atoms with E-state index in [4.69, 9.17) is 9.47 Å². The molecule has 2 aromatic carbocycles. The number of nitrogens with one attached hydrogen (secondary N) is 1. The number of carboxylic acids is 1. The van der Waals surface area contributed by atoms with Crippen molar-refractivity contribution < 1.29 is 24.2 Å². The minimum Gasteiger partial charge on any atom is -0.493 e. The van der Waals surface area contributed by atoms with Crippen molar-refractivity contribution in [3.8, 4) is 5.75 Å². The second-order valence-electron chi connectivity index (χ2n) is 5.88. The van der Waals surface area contributed by atoms with Gasteiger partial charge >= 0.3 is 12.1 Å². The Hall–Kier alpha value is -3.02. The number of fused-ring (bicyclic) bond motifs is 1. The maximum Gasteiger partial charge on any atom is 0.408 e. The van der Waals surface area contributed by atoms with Crippen LogP contribution in [-0.4, -0.2) is 29.8 Å². The van der Waals surface area contributed by atoms with E-state index >= 15 is 0 Å². The smallest absolute Gasteiger partial charge is 0.408 e. The van der Waals surface area contributed by atoms with E-state index in [1.165, 1.54) is 0 Å². The molecular weight excluding hydrogens is 322 g/mol.